The van der Waals surface area contributed by atoms with E-state index in [1.165, 1.54) is 155 Å². The molecule has 254 valence electrons. The Balaban J connectivity index is 0.893. The van der Waals surface area contributed by atoms with Crippen LogP contribution in [0.2, 0.25) is 0 Å². The Morgan fingerprint density at radius 3 is 1.35 bits per heavy atom. The van der Waals surface area contributed by atoms with Crippen LogP contribution in [0.4, 0.5) is 10.1 Å². The largest absolute Gasteiger partial charge is 0.289 e. The van der Waals surface area contributed by atoms with E-state index in [9.17, 15) is 18.8 Å². The Kier molecular flexibility index (Phi) is 16.0. The third-order valence-corrected chi connectivity index (χ3v) is 9.22. The molecule has 0 saturated heterocycles. The van der Waals surface area contributed by atoms with Gasteiger partial charge < -0.3 is 0 Å². The number of allylic oxidation sites excluding steroid dienone is 1. The van der Waals surface area contributed by atoms with E-state index in [4.69, 9.17) is 0 Å². The Bertz CT molecular complexity index is 1450. The average Bonchev–Trinajstić information content (AvgIpc) is 3.44. The van der Waals surface area contributed by atoms with Gasteiger partial charge in [-0.25, -0.2) is 9.29 Å². The zero-order chi connectivity index (χ0) is 33.8. The van der Waals surface area contributed by atoms with Crippen molar-refractivity contribution in [3.05, 3.63) is 119 Å². The molecule has 2 amide bonds. The van der Waals surface area contributed by atoms with Gasteiger partial charge in [0.2, 0.25) is 0 Å². The van der Waals surface area contributed by atoms with Gasteiger partial charge in [-0.15, -0.1) is 0 Å². The number of nitrogens with zero attached hydrogens (tertiary/aromatic N) is 1. The predicted octanol–water partition coefficient (Wildman–Crippen LogP) is 11.2. The molecule has 0 unspecified atom stereocenters. The van der Waals surface area contributed by atoms with Crippen molar-refractivity contribution < 1.29 is 18.8 Å². The lowest BCUT2D eigenvalue weighted by molar-refractivity contribution is -0.119. The minimum Gasteiger partial charge on any atom is -0.289 e. The molecular weight excluding hydrogens is 597 g/mol. The fraction of sp³-hybridized carbons (Fsp3) is 0.419. The maximum Gasteiger partial charge on any atom is 0.258 e. The van der Waals surface area contributed by atoms with Gasteiger partial charge in [0.05, 0.1) is 5.69 Å². The van der Waals surface area contributed by atoms with Gasteiger partial charge in [-0.1, -0.05) is 132 Å². The van der Waals surface area contributed by atoms with E-state index < -0.39 is 0 Å². The number of amides is 2. The second kappa shape index (κ2) is 21.0. The molecule has 1 heterocycles. The highest BCUT2D eigenvalue weighted by molar-refractivity contribution is 6.28. The van der Waals surface area contributed by atoms with Gasteiger partial charge in [0, 0.05) is 17.7 Å². The zero-order valence-electron chi connectivity index (χ0n) is 28.5. The lowest BCUT2D eigenvalue weighted by Crippen LogP contribution is -2.29. The molecule has 0 radical (unpaired) electrons. The molecule has 3 aromatic carbocycles. The van der Waals surface area contributed by atoms with Gasteiger partial charge in [-0.05, 0) is 84.8 Å². The third-order valence-electron chi connectivity index (χ3n) is 9.22. The summed E-state index contributed by atoms with van der Waals surface area (Å²) < 4.78 is 13.0. The van der Waals surface area contributed by atoms with E-state index in [1.54, 1.807) is 6.08 Å². The van der Waals surface area contributed by atoms with Gasteiger partial charge in [-0.2, -0.15) is 0 Å². The first-order chi connectivity index (χ1) is 23.5. The maximum absolute atomic E-state index is 13.0. The first kappa shape index (κ1) is 36.7. The van der Waals surface area contributed by atoms with Crippen LogP contribution in [0.15, 0.2) is 91.0 Å². The molecule has 4 nitrogen and oxygen atoms in total. The zero-order valence-corrected chi connectivity index (χ0v) is 28.5. The molecule has 0 fully saturated rings. The van der Waals surface area contributed by atoms with Crippen LogP contribution in [0.5, 0.6) is 0 Å². The smallest absolute Gasteiger partial charge is 0.258 e. The number of hydrogen-bond donors (Lipinski definition) is 0. The van der Waals surface area contributed by atoms with Crippen LogP contribution in [-0.4, -0.2) is 17.6 Å². The Labute approximate surface area is 287 Å². The van der Waals surface area contributed by atoms with Crippen molar-refractivity contribution in [3.63, 3.8) is 0 Å². The summed E-state index contributed by atoms with van der Waals surface area (Å²) in [7, 11) is 0. The Morgan fingerprint density at radius 1 is 0.521 bits per heavy atom. The number of aryl methyl sites for hydroxylation is 2. The van der Waals surface area contributed by atoms with Crippen molar-refractivity contribution in [2.75, 3.05) is 4.90 Å². The SMILES string of the molecule is O=C(/C=C/c1ccc(CCCCCCCCCCCCCCCCCCc2ccc(N3C(=O)C=CC3=O)cc2)cc1)c1ccc(F)cc1. The summed E-state index contributed by atoms with van der Waals surface area (Å²) in [6.45, 7) is 0. The summed E-state index contributed by atoms with van der Waals surface area (Å²) in [5, 5.41) is 0. The monoisotopic (exact) mass is 649 g/mol. The number of carbonyl (C=O) groups is 3. The highest BCUT2D eigenvalue weighted by Crippen LogP contribution is 2.21. The number of hydrogen-bond acceptors (Lipinski definition) is 3. The molecule has 0 aromatic heterocycles. The maximum atomic E-state index is 13.0. The second-order valence-corrected chi connectivity index (χ2v) is 13.1. The van der Waals surface area contributed by atoms with Crippen LogP contribution in [0.25, 0.3) is 6.08 Å². The number of unbranched alkanes of at least 4 members (excludes halogenated alkanes) is 15. The van der Waals surface area contributed by atoms with Crippen LogP contribution in [-0.2, 0) is 22.4 Å². The number of rotatable bonds is 23. The topological polar surface area (TPSA) is 54.5 Å². The third kappa shape index (κ3) is 13.2. The summed E-state index contributed by atoms with van der Waals surface area (Å²) >= 11 is 0. The molecule has 5 heteroatoms. The number of anilines is 1. The van der Waals surface area contributed by atoms with Crippen molar-refractivity contribution >= 4 is 29.4 Å². The molecule has 0 atom stereocenters. The van der Waals surface area contributed by atoms with Gasteiger partial charge >= 0.3 is 0 Å². The highest BCUT2D eigenvalue weighted by Gasteiger charge is 2.24. The summed E-state index contributed by atoms with van der Waals surface area (Å²) in [6, 6.07) is 21.9. The van der Waals surface area contributed by atoms with Gasteiger partial charge in [0.15, 0.2) is 5.78 Å². The molecule has 0 bridgehead atoms. The normalized spacial score (nSPS) is 12.9. The minimum atomic E-state index is -0.338. The molecule has 0 spiro atoms. The number of benzene rings is 3. The fourth-order valence-corrected chi connectivity index (χ4v) is 6.28. The van der Waals surface area contributed by atoms with Crippen molar-refractivity contribution in [2.24, 2.45) is 0 Å². The second-order valence-electron chi connectivity index (χ2n) is 13.1. The van der Waals surface area contributed by atoms with Crippen molar-refractivity contribution in [1.82, 2.24) is 0 Å². The molecule has 4 rings (SSSR count). The van der Waals surface area contributed by atoms with Crippen molar-refractivity contribution in [1.29, 1.82) is 0 Å². The van der Waals surface area contributed by atoms with Crippen molar-refractivity contribution in [3.8, 4) is 0 Å². The number of halogens is 1. The Hall–Kier alpha value is -4.12. The first-order valence-electron chi connectivity index (χ1n) is 18.2. The van der Waals surface area contributed by atoms with E-state index in [2.05, 4.69) is 24.3 Å². The van der Waals surface area contributed by atoms with E-state index in [1.807, 2.05) is 30.3 Å². The fourth-order valence-electron chi connectivity index (χ4n) is 6.28. The van der Waals surface area contributed by atoms with E-state index in [-0.39, 0.29) is 23.4 Å². The molecule has 48 heavy (non-hydrogen) atoms. The minimum absolute atomic E-state index is 0.121. The van der Waals surface area contributed by atoms with Crippen LogP contribution in [0.3, 0.4) is 0 Å². The lowest BCUT2D eigenvalue weighted by atomic mass is 10.0. The summed E-state index contributed by atoms with van der Waals surface area (Å²) in [4.78, 5) is 37.1. The van der Waals surface area contributed by atoms with Crippen molar-refractivity contribution in [2.45, 2.75) is 116 Å². The lowest BCUT2D eigenvalue weighted by Gasteiger charge is -2.14. The molecule has 1 aliphatic rings. The van der Waals surface area contributed by atoms with Gasteiger partial charge in [0.25, 0.3) is 11.8 Å². The van der Waals surface area contributed by atoms with E-state index in [0.29, 0.717) is 11.3 Å². The quantitative estimate of drug-likeness (QED) is 0.0444. The summed E-state index contributed by atoms with van der Waals surface area (Å²) in [6.07, 6.45) is 29.3. The van der Waals surface area contributed by atoms with Gasteiger partial charge in [-0.3, -0.25) is 14.4 Å². The number of imide groups is 1. The number of carbonyl (C=O) groups excluding carboxylic acids is 3. The van der Waals surface area contributed by atoms with Crippen LogP contribution in [0, 0.1) is 5.82 Å². The molecule has 1 aliphatic heterocycles. The molecule has 0 N–H and O–H groups in total. The predicted molar refractivity (Wildman–Crippen MR) is 196 cm³/mol. The number of ketones is 1. The average molecular weight is 650 g/mol. The summed E-state index contributed by atoms with van der Waals surface area (Å²) in [5.41, 5.74) is 4.73. The molecule has 0 aliphatic carbocycles. The van der Waals surface area contributed by atoms with Crippen LogP contribution >= 0.6 is 0 Å². The first-order valence-corrected chi connectivity index (χ1v) is 18.2. The van der Waals surface area contributed by atoms with Crippen LogP contribution in [0.1, 0.15) is 130 Å². The molecule has 0 saturated carbocycles. The Morgan fingerprint density at radius 2 is 0.917 bits per heavy atom. The van der Waals surface area contributed by atoms with Gasteiger partial charge in [0.1, 0.15) is 5.82 Å². The van der Waals surface area contributed by atoms with Crippen LogP contribution < -0.4 is 4.90 Å². The molecule has 3 aromatic rings. The van der Waals surface area contributed by atoms with E-state index >= 15 is 0 Å². The van der Waals surface area contributed by atoms with E-state index in [0.717, 1.165) is 18.4 Å². The highest BCUT2D eigenvalue weighted by atomic mass is 19.1. The molecular formula is C43H52FNO3. The standard InChI is InChI=1S/C43H52FNO3/c44-39-28-26-38(27-29-39)41(46)32-25-37-21-19-35(20-22-37)17-15-13-11-9-7-5-3-1-2-4-6-8-10-12-14-16-18-36-23-30-40(31-24-36)45-42(47)33-34-43(45)48/h19-34H,1-18H2/b32-25+. The summed E-state index contributed by atoms with van der Waals surface area (Å²) in [5.74, 6) is -0.994.